The Balaban J connectivity index is 2.02. The number of piperidine rings is 1. The van der Waals surface area contributed by atoms with Gasteiger partial charge in [-0.3, -0.25) is 9.59 Å². The first-order valence-electron chi connectivity index (χ1n) is 10.8. The number of hydrogen-bond donors (Lipinski definition) is 2. The number of sulfone groups is 1. The maximum atomic E-state index is 13.1. The van der Waals surface area contributed by atoms with Crippen LogP contribution in [0.15, 0.2) is 0 Å². The van der Waals surface area contributed by atoms with Gasteiger partial charge in [0.25, 0.3) is 0 Å². The first-order chi connectivity index (χ1) is 13.8. The van der Waals surface area contributed by atoms with E-state index >= 15 is 0 Å². The average molecular weight is 463 g/mol. The van der Waals surface area contributed by atoms with E-state index in [0.717, 1.165) is 5.75 Å². The summed E-state index contributed by atoms with van der Waals surface area (Å²) in [5, 5.41) is 14.8. The molecule has 0 aromatic heterocycles. The minimum absolute atomic E-state index is 0.000174. The van der Waals surface area contributed by atoms with Crippen molar-refractivity contribution >= 4 is 33.3 Å². The summed E-state index contributed by atoms with van der Waals surface area (Å²) in [5.74, 6) is 0.734. The highest BCUT2D eigenvalue weighted by Crippen LogP contribution is 2.40. The molecule has 0 radical (unpaired) electrons. The molecule has 2 heterocycles. The molecule has 0 bridgehead atoms. The van der Waals surface area contributed by atoms with E-state index in [2.05, 4.69) is 5.32 Å². The number of ketones is 1. The van der Waals surface area contributed by atoms with Gasteiger partial charge in [0.1, 0.15) is 9.84 Å². The van der Waals surface area contributed by atoms with E-state index < -0.39 is 27.0 Å². The third-order valence-electron chi connectivity index (χ3n) is 6.49. The Hall–Kier alpha value is -0.640. The van der Waals surface area contributed by atoms with Gasteiger partial charge < -0.3 is 10.5 Å². The number of Topliss-reactive ketones (excluding diaryl/α,β-unsaturated/α-hetero) is 1. The number of carbonyl (C=O) groups excluding carboxylic acids is 2. The molecule has 0 spiro atoms. The fourth-order valence-electron chi connectivity index (χ4n) is 4.86. The van der Waals surface area contributed by atoms with Gasteiger partial charge in [-0.1, -0.05) is 0 Å². The summed E-state index contributed by atoms with van der Waals surface area (Å²) in [6, 6.07) is -0.540. The normalized spacial score (nSPS) is 25.5. The van der Waals surface area contributed by atoms with E-state index in [0.29, 0.717) is 38.5 Å². The zero-order valence-corrected chi connectivity index (χ0v) is 20.6. The van der Waals surface area contributed by atoms with Crippen LogP contribution in [0.2, 0.25) is 0 Å². The fourth-order valence-corrected chi connectivity index (χ4v) is 6.92. The summed E-state index contributed by atoms with van der Waals surface area (Å²) in [7, 11) is -2.95. The minimum atomic E-state index is -2.95. The molecule has 174 valence electrons. The molecule has 9 heteroatoms. The lowest BCUT2D eigenvalue weighted by Crippen LogP contribution is -2.61. The van der Waals surface area contributed by atoms with Crippen LogP contribution < -0.4 is 5.32 Å². The van der Waals surface area contributed by atoms with Crippen LogP contribution in [0.4, 0.5) is 0 Å². The number of hydrogen-bond acceptors (Lipinski definition) is 7. The summed E-state index contributed by atoms with van der Waals surface area (Å²) >= 11 is 1.63. The Labute approximate surface area is 185 Å². The Bertz CT molecular complexity index is 704. The molecule has 2 N–H and O–H groups in total. The Morgan fingerprint density at radius 3 is 2.17 bits per heavy atom. The van der Waals surface area contributed by atoms with E-state index in [-0.39, 0.29) is 35.0 Å². The standard InChI is InChI=1S/C21H38N2O5S2/c1-20(2)13-16(14-21(3,4)23(20)26)19(25)22-17(6-9-29-5)18(24)12-15-7-10-30(27,28)11-8-15/h15-17,26H,6-14H2,1-5H3,(H,22,25). The van der Waals surface area contributed by atoms with Crippen LogP contribution in [0.3, 0.4) is 0 Å². The van der Waals surface area contributed by atoms with Crippen molar-refractivity contribution in [2.45, 2.75) is 83.3 Å². The average Bonchev–Trinajstić information content (AvgIpc) is 2.64. The van der Waals surface area contributed by atoms with Crippen molar-refractivity contribution in [2.24, 2.45) is 11.8 Å². The van der Waals surface area contributed by atoms with Crippen LogP contribution in [-0.4, -0.2) is 71.0 Å². The molecular formula is C21H38N2O5S2. The number of hydroxylamine groups is 2. The summed E-state index contributed by atoms with van der Waals surface area (Å²) in [6.45, 7) is 7.67. The monoisotopic (exact) mass is 462 g/mol. The highest BCUT2D eigenvalue weighted by atomic mass is 32.2. The lowest BCUT2D eigenvalue weighted by Gasteiger charge is -2.51. The van der Waals surface area contributed by atoms with Gasteiger partial charge >= 0.3 is 0 Å². The van der Waals surface area contributed by atoms with Crippen molar-refractivity contribution in [1.29, 1.82) is 0 Å². The predicted octanol–water partition coefficient (Wildman–Crippen LogP) is 2.67. The van der Waals surface area contributed by atoms with E-state index in [9.17, 15) is 23.2 Å². The van der Waals surface area contributed by atoms with Crippen LogP contribution in [-0.2, 0) is 19.4 Å². The van der Waals surface area contributed by atoms with Crippen molar-refractivity contribution in [1.82, 2.24) is 10.4 Å². The second kappa shape index (κ2) is 9.88. The molecule has 0 aliphatic carbocycles. The fraction of sp³-hybridized carbons (Fsp3) is 0.905. The van der Waals surface area contributed by atoms with E-state index in [1.54, 1.807) is 11.8 Å². The lowest BCUT2D eigenvalue weighted by atomic mass is 9.75. The summed E-state index contributed by atoms with van der Waals surface area (Å²) in [6.07, 6.45) is 4.94. The van der Waals surface area contributed by atoms with Crippen molar-refractivity contribution in [3.05, 3.63) is 0 Å². The molecule has 30 heavy (non-hydrogen) atoms. The van der Waals surface area contributed by atoms with E-state index in [1.165, 1.54) is 5.06 Å². The smallest absolute Gasteiger partial charge is 0.223 e. The van der Waals surface area contributed by atoms with Gasteiger partial charge in [-0.15, -0.1) is 0 Å². The van der Waals surface area contributed by atoms with Gasteiger partial charge in [0.15, 0.2) is 5.78 Å². The Morgan fingerprint density at radius 1 is 1.13 bits per heavy atom. The number of carbonyl (C=O) groups is 2. The van der Waals surface area contributed by atoms with Crippen molar-refractivity contribution in [3.63, 3.8) is 0 Å². The summed E-state index contributed by atoms with van der Waals surface area (Å²) in [5.41, 5.74) is -1.06. The highest BCUT2D eigenvalue weighted by Gasteiger charge is 2.47. The topological polar surface area (TPSA) is 104 Å². The van der Waals surface area contributed by atoms with Crippen LogP contribution in [0.5, 0.6) is 0 Å². The first kappa shape index (κ1) is 25.6. The molecule has 0 aromatic carbocycles. The van der Waals surface area contributed by atoms with E-state index in [4.69, 9.17) is 0 Å². The maximum absolute atomic E-state index is 13.1. The van der Waals surface area contributed by atoms with Crippen molar-refractivity contribution in [3.8, 4) is 0 Å². The Kier molecular flexibility index (Phi) is 8.44. The van der Waals surface area contributed by atoms with Crippen LogP contribution in [0.1, 0.15) is 66.2 Å². The van der Waals surface area contributed by atoms with Gasteiger partial charge in [0.05, 0.1) is 17.5 Å². The zero-order valence-electron chi connectivity index (χ0n) is 18.9. The molecule has 7 nitrogen and oxygen atoms in total. The maximum Gasteiger partial charge on any atom is 0.223 e. The molecule has 2 rings (SSSR count). The van der Waals surface area contributed by atoms with Gasteiger partial charge in [0, 0.05) is 23.4 Å². The predicted molar refractivity (Wildman–Crippen MR) is 120 cm³/mol. The summed E-state index contributed by atoms with van der Waals surface area (Å²) in [4.78, 5) is 26.1. The molecule has 1 unspecified atom stereocenters. The quantitative estimate of drug-likeness (QED) is 0.571. The molecule has 0 aromatic rings. The van der Waals surface area contributed by atoms with Gasteiger partial charge in [-0.2, -0.15) is 16.8 Å². The van der Waals surface area contributed by atoms with Gasteiger partial charge in [-0.25, -0.2) is 8.42 Å². The van der Waals surface area contributed by atoms with E-state index in [1.807, 2.05) is 34.0 Å². The lowest BCUT2D eigenvalue weighted by molar-refractivity contribution is -0.249. The van der Waals surface area contributed by atoms with Crippen LogP contribution in [0, 0.1) is 11.8 Å². The number of amides is 1. The molecule has 1 atom stereocenters. The highest BCUT2D eigenvalue weighted by molar-refractivity contribution is 7.98. The molecule has 2 saturated heterocycles. The first-order valence-corrected chi connectivity index (χ1v) is 14.0. The third kappa shape index (κ3) is 6.68. The van der Waals surface area contributed by atoms with Crippen molar-refractivity contribution < 1.29 is 23.2 Å². The number of rotatable bonds is 8. The van der Waals surface area contributed by atoms with Crippen LogP contribution in [0.25, 0.3) is 0 Å². The molecule has 2 aliphatic heterocycles. The van der Waals surface area contributed by atoms with Crippen molar-refractivity contribution in [2.75, 3.05) is 23.5 Å². The number of nitrogens with zero attached hydrogens (tertiary/aromatic N) is 1. The number of nitrogens with one attached hydrogen (secondary N) is 1. The second-order valence-corrected chi connectivity index (χ2v) is 13.4. The second-order valence-electron chi connectivity index (χ2n) is 10.2. The van der Waals surface area contributed by atoms with Crippen LogP contribution >= 0.6 is 11.8 Å². The summed E-state index contributed by atoms with van der Waals surface area (Å²) < 4.78 is 23.3. The zero-order chi connectivity index (χ0) is 22.7. The molecule has 2 fully saturated rings. The minimum Gasteiger partial charge on any atom is -0.346 e. The molecule has 1 amide bonds. The molecule has 0 saturated carbocycles. The third-order valence-corrected chi connectivity index (χ3v) is 8.85. The van der Waals surface area contributed by atoms with Gasteiger partial charge in [-0.05, 0) is 77.7 Å². The largest absolute Gasteiger partial charge is 0.346 e. The van der Waals surface area contributed by atoms with Gasteiger partial charge in [0.2, 0.25) is 5.91 Å². The molecular weight excluding hydrogens is 424 g/mol. The molecule has 2 aliphatic rings. The number of thioether (sulfide) groups is 1. The Morgan fingerprint density at radius 2 is 1.67 bits per heavy atom. The SMILES string of the molecule is CSCCC(NC(=O)C1CC(C)(C)N(O)C(C)(C)C1)C(=O)CC1CCS(=O)(=O)CC1.